The highest BCUT2D eigenvalue weighted by Crippen LogP contribution is 2.43. The second kappa shape index (κ2) is 10.3. The molecule has 4 rings (SSSR count). The molecule has 0 bridgehead atoms. The molecular weight excluding hydrogens is 492 g/mol. The van der Waals surface area contributed by atoms with Crippen LogP contribution in [0.15, 0.2) is 30.7 Å². The summed E-state index contributed by atoms with van der Waals surface area (Å²) in [5.74, 6) is 0.483. The molecular formula is C24H29ClN4O7. The Labute approximate surface area is 212 Å². The van der Waals surface area contributed by atoms with Crippen LogP contribution >= 0.6 is 11.6 Å². The number of nitro groups is 1. The van der Waals surface area contributed by atoms with Crippen LogP contribution in [0.3, 0.4) is 0 Å². The lowest BCUT2D eigenvalue weighted by Gasteiger charge is -2.31. The number of fused-ring (bicyclic) bond motifs is 1. The highest BCUT2D eigenvalue weighted by molar-refractivity contribution is 6.34. The average Bonchev–Trinajstić information content (AvgIpc) is 3.38. The van der Waals surface area contributed by atoms with Crippen LogP contribution in [0.2, 0.25) is 5.15 Å². The van der Waals surface area contributed by atoms with E-state index in [0.717, 1.165) is 0 Å². The maximum Gasteiger partial charge on any atom is 0.275 e. The number of methoxy groups -OCH3 is 1. The lowest BCUT2D eigenvalue weighted by Crippen LogP contribution is -2.24. The first-order chi connectivity index (χ1) is 17.0. The first-order valence-electron chi connectivity index (χ1n) is 11.4. The van der Waals surface area contributed by atoms with Gasteiger partial charge in [0.15, 0.2) is 0 Å². The molecule has 0 spiro atoms. The summed E-state index contributed by atoms with van der Waals surface area (Å²) < 4.78 is 19.2. The van der Waals surface area contributed by atoms with E-state index in [4.69, 9.17) is 25.8 Å². The molecule has 0 aliphatic carbocycles. The Balaban J connectivity index is 1.72. The van der Waals surface area contributed by atoms with Crippen molar-refractivity contribution in [1.29, 1.82) is 0 Å². The molecule has 3 aromatic rings. The second-order valence-electron chi connectivity index (χ2n) is 9.78. The van der Waals surface area contributed by atoms with Gasteiger partial charge in [0, 0.05) is 24.2 Å². The molecule has 36 heavy (non-hydrogen) atoms. The number of aliphatic hydroxyl groups excluding tert-OH is 2. The van der Waals surface area contributed by atoms with Gasteiger partial charge in [0.25, 0.3) is 5.69 Å². The molecule has 2 aromatic heterocycles. The molecule has 0 amide bonds. The van der Waals surface area contributed by atoms with Gasteiger partial charge in [-0.3, -0.25) is 10.1 Å². The average molecular weight is 521 g/mol. The van der Waals surface area contributed by atoms with Crippen molar-refractivity contribution < 1.29 is 29.3 Å². The molecule has 3 heterocycles. The number of rotatable bonds is 8. The van der Waals surface area contributed by atoms with Gasteiger partial charge in [-0.15, -0.1) is 0 Å². The highest BCUT2D eigenvalue weighted by Gasteiger charge is 2.37. The largest absolute Gasteiger partial charge is 0.497 e. The van der Waals surface area contributed by atoms with Crippen molar-refractivity contribution in [1.82, 2.24) is 14.5 Å². The zero-order valence-electron chi connectivity index (χ0n) is 20.4. The monoisotopic (exact) mass is 520 g/mol. The van der Waals surface area contributed by atoms with Crippen LogP contribution in [-0.2, 0) is 16.1 Å². The Morgan fingerprint density at radius 3 is 2.72 bits per heavy atom. The molecule has 1 fully saturated rings. The number of ether oxygens (including phenoxy) is 3. The highest BCUT2D eigenvalue weighted by atomic mass is 35.5. The lowest BCUT2D eigenvalue weighted by molar-refractivity contribution is -0.386. The molecule has 1 saturated heterocycles. The van der Waals surface area contributed by atoms with Crippen molar-refractivity contribution in [2.45, 2.75) is 58.3 Å². The zero-order valence-corrected chi connectivity index (χ0v) is 21.2. The second-order valence-corrected chi connectivity index (χ2v) is 10.1. The smallest absolute Gasteiger partial charge is 0.275 e. The molecule has 12 heteroatoms. The number of hydrogen-bond acceptors (Lipinski definition) is 9. The minimum Gasteiger partial charge on any atom is -0.497 e. The van der Waals surface area contributed by atoms with Crippen LogP contribution in [-0.4, -0.2) is 55.6 Å². The Bertz CT molecular complexity index is 1260. The predicted molar refractivity (Wildman–Crippen MR) is 131 cm³/mol. The van der Waals surface area contributed by atoms with Crippen molar-refractivity contribution in [2.75, 3.05) is 13.7 Å². The Kier molecular flexibility index (Phi) is 7.48. The SMILES string of the molecule is COc1ccc([N+](=O)[O-])c([C@@H](OCc2cn([C@H]3C[C@@H](O)[C@@H](CO)O3)c3ncnc(Cl)c23)C(C)(C)C)c1. The lowest BCUT2D eigenvalue weighted by atomic mass is 9.83. The van der Waals surface area contributed by atoms with E-state index in [1.807, 2.05) is 20.8 Å². The van der Waals surface area contributed by atoms with Gasteiger partial charge in [-0.1, -0.05) is 32.4 Å². The van der Waals surface area contributed by atoms with Crippen LogP contribution in [0.5, 0.6) is 5.75 Å². The number of benzene rings is 1. The topological polar surface area (TPSA) is 142 Å². The van der Waals surface area contributed by atoms with Crippen molar-refractivity contribution in [3.63, 3.8) is 0 Å². The number of aliphatic hydroxyl groups is 2. The minimum atomic E-state index is -0.826. The third kappa shape index (κ3) is 5.02. The quantitative estimate of drug-likeness (QED) is 0.256. The first kappa shape index (κ1) is 26.2. The van der Waals surface area contributed by atoms with Crippen molar-refractivity contribution in [3.8, 4) is 5.75 Å². The molecule has 0 radical (unpaired) electrons. The van der Waals surface area contributed by atoms with E-state index in [9.17, 15) is 20.3 Å². The van der Waals surface area contributed by atoms with Crippen molar-refractivity contribution >= 4 is 28.3 Å². The van der Waals surface area contributed by atoms with Gasteiger partial charge in [0.2, 0.25) is 0 Å². The van der Waals surface area contributed by atoms with Crippen LogP contribution in [0.4, 0.5) is 5.69 Å². The van der Waals surface area contributed by atoms with Gasteiger partial charge < -0.3 is 29.0 Å². The summed E-state index contributed by atoms with van der Waals surface area (Å²) in [6, 6.07) is 4.57. The molecule has 2 N–H and O–H groups in total. The van der Waals surface area contributed by atoms with Crippen LogP contribution in [0.25, 0.3) is 11.0 Å². The minimum absolute atomic E-state index is 0.0472. The van der Waals surface area contributed by atoms with Gasteiger partial charge in [-0.2, -0.15) is 0 Å². The summed E-state index contributed by atoms with van der Waals surface area (Å²) in [5, 5.41) is 32.3. The summed E-state index contributed by atoms with van der Waals surface area (Å²) in [7, 11) is 1.50. The van der Waals surface area contributed by atoms with Gasteiger partial charge in [0.05, 0.1) is 48.4 Å². The van der Waals surface area contributed by atoms with Crippen LogP contribution in [0, 0.1) is 15.5 Å². The summed E-state index contributed by atoms with van der Waals surface area (Å²) in [5.41, 5.74) is 0.960. The molecule has 4 atom stereocenters. The number of halogens is 1. The molecule has 194 valence electrons. The summed E-state index contributed by atoms with van der Waals surface area (Å²) in [6.45, 7) is 5.54. The van der Waals surface area contributed by atoms with Crippen LogP contribution in [0.1, 0.15) is 50.7 Å². The summed E-state index contributed by atoms with van der Waals surface area (Å²) in [6.07, 6.45) is 0.588. The van der Waals surface area contributed by atoms with Gasteiger partial charge in [0.1, 0.15) is 35.2 Å². The van der Waals surface area contributed by atoms with Crippen LogP contribution < -0.4 is 4.74 Å². The number of nitrogens with zero attached hydrogens (tertiary/aromatic N) is 4. The number of nitro benzene ring substituents is 1. The molecule has 1 aliphatic heterocycles. The Morgan fingerprint density at radius 2 is 2.11 bits per heavy atom. The van der Waals surface area contributed by atoms with E-state index in [2.05, 4.69) is 9.97 Å². The Hall–Kier alpha value is -2.83. The van der Waals surface area contributed by atoms with Crippen molar-refractivity contribution in [2.24, 2.45) is 5.41 Å². The third-order valence-electron chi connectivity index (χ3n) is 6.24. The molecule has 1 aliphatic rings. The van der Waals surface area contributed by atoms with Gasteiger partial charge in [-0.25, -0.2) is 9.97 Å². The van der Waals surface area contributed by atoms with E-state index in [1.165, 1.54) is 19.5 Å². The van der Waals surface area contributed by atoms with E-state index < -0.39 is 34.9 Å². The van der Waals surface area contributed by atoms with E-state index >= 15 is 0 Å². The fraction of sp³-hybridized carbons (Fsp3) is 0.500. The van der Waals surface area contributed by atoms with E-state index in [1.54, 1.807) is 22.9 Å². The van der Waals surface area contributed by atoms with Gasteiger partial charge in [-0.05, 0) is 17.5 Å². The maximum atomic E-state index is 11.8. The third-order valence-corrected chi connectivity index (χ3v) is 6.53. The number of aromatic nitrogens is 3. The van der Waals surface area contributed by atoms with E-state index in [0.29, 0.717) is 27.9 Å². The fourth-order valence-corrected chi connectivity index (χ4v) is 4.76. The molecule has 1 aromatic carbocycles. The Morgan fingerprint density at radius 1 is 1.36 bits per heavy atom. The standard InChI is InChI=1S/C24H29ClN4O7/c1-24(2,3)21(15-7-14(34-4)5-6-16(15)29(32)33)35-11-13-9-28(19-8-17(31)18(10-30)36-19)23-20(13)22(25)26-12-27-23/h5-7,9,12,17-19,21,30-31H,8,10-11H2,1-4H3/t17-,18-,19-,21-/m1/s1. The number of hydrogen-bond donors (Lipinski definition) is 2. The first-order valence-corrected chi connectivity index (χ1v) is 11.8. The maximum absolute atomic E-state index is 11.8. The normalized spacial score (nSPS) is 21.1. The van der Waals surface area contributed by atoms with E-state index in [-0.39, 0.29) is 30.5 Å². The zero-order chi connectivity index (χ0) is 26.2. The fourth-order valence-electron chi connectivity index (χ4n) is 4.52. The van der Waals surface area contributed by atoms with Crippen molar-refractivity contribution in [3.05, 3.63) is 57.1 Å². The predicted octanol–water partition coefficient (Wildman–Crippen LogP) is 3.95. The molecule has 11 nitrogen and oxygen atoms in total. The molecule has 0 saturated carbocycles. The summed E-state index contributed by atoms with van der Waals surface area (Å²) in [4.78, 5) is 19.8. The molecule has 0 unspecified atom stereocenters. The summed E-state index contributed by atoms with van der Waals surface area (Å²) >= 11 is 6.44. The van der Waals surface area contributed by atoms with Gasteiger partial charge >= 0.3 is 0 Å².